The Morgan fingerprint density at radius 3 is 1.97 bits per heavy atom. The fourth-order valence-electron chi connectivity index (χ4n) is 2.63. The van der Waals surface area contributed by atoms with Gasteiger partial charge in [-0.15, -0.1) is 0 Å². The highest BCUT2D eigenvalue weighted by Crippen LogP contribution is 2.37. The van der Waals surface area contributed by atoms with E-state index in [2.05, 4.69) is 5.32 Å². The molecule has 0 saturated heterocycles. The van der Waals surface area contributed by atoms with Crippen LogP contribution in [-0.2, 0) is 6.18 Å². The summed E-state index contributed by atoms with van der Waals surface area (Å²) in [7, 11) is 0. The lowest BCUT2D eigenvalue weighted by Crippen LogP contribution is -2.19. The minimum absolute atomic E-state index is 0.0131. The molecule has 0 unspecified atom stereocenters. The van der Waals surface area contributed by atoms with E-state index in [0.29, 0.717) is 12.1 Å². The van der Waals surface area contributed by atoms with Gasteiger partial charge in [-0.05, 0) is 54.6 Å². The molecule has 3 aromatic carbocycles. The van der Waals surface area contributed by atoms with E-state index >= 15 is 0 Å². The van der Waals surface area contributed by atoms with Crippen molar-refractivity contribution in [2.45, 2.75) is 6.18 Å². The molecule has 0 aliphatic heterocycles. The van der Waals surface area contributed by atoms with Gasteiger partial charge in [0.15, 0.2) is 0 Å². The number of benzene rings is 3. The minimum atomic E-state index is -4.93. The van der Waals surface area contributed by atoms with Crippen molar-refractivity contribution in [3.63, 3.8) is 0 Å². The van der Waals surface area contributed by atoms with Crippen LogP contribution < -0.4 is 10.6 Å². The highest BCUT2D eigenvalue weighted by molar-refractivity contribution is 6.06. The Kier molecular flexibility index (Phi) is 6.00. The molecule has 0 spiro atoms. The lowest BCUT2D eigenvalue weighted by molar-refractivity contribution is -0.136. The maximum absolute atomic E-state index is 13.7. The maximum atomic E-state index is 13.7. The number of anilines is 2. The Hall–Kier alpha value is -3.82. The zero-order valence-electron chi connectivity index (χ0n) is 15.4. The molecule has 0 heterocycles. The number of hydrogen-bond donors (Lipinski definition) is 2. The van der Waals surface area contributed by atoms with E-state index in [1.807, 2.05) is 5.32 Å². The van der Waals surface area contributed by atoms with Gasteiger partial charge >= 0.3 is 6.18 Å². The molecule has 10 heteroatoms. The Morgan fingerprint density at radius 1 is 0.710 bits per heavy atom. The van der Waals surface area contributed by atoms with Crippen LogP contribution in [0.15, 0.2) is 60.7 Å². The van der Waals surface area contributed by atoms with Crippen LogP contribution in [0.1, 0.15) is 26.3 Å². The maximum Gasteiger partial charge on any atom is 0.418 e. The number of carbonyl (C=O) groups is 2. The Morgan fingerprint density at radius 2 is 1.35 bits per heavy atom. The van der Waals surface area contributed by atoms with Crippen LogP contribution in [-0.4, -0.2) is 11.8 Å². The van der Waals surface area contributed by atoms with Gasteiger partial charge in [-0.3, -0.25) is 9.59 Å². The summed E-state index contributed by atoms with van der Waals surface area (Å²) in [6.45, 7) is 0. The molecule has 0 aliphatic rings. The molecule has 0 saturated carbocycles. The second-order valence-electron chi connectivity index (χ2n) is 6.30. The van der Waals surface area contributed by atoms with E-state index in [1.54, 1.807) is 0 Å². The van der Waals surface area contributed by atoms with Gasteiger partial charge in [-0.2, -0.15) is 13.2 Å². The predicted octanol–water partition coefficient (Wildman–Crippen LogP) is 5.63. The number of halogens is 6. The summed E-state index contributed by atoms with van der Waals surface area (Å²) in [4.78, 5) is 24.3. The van der Waals surface area contributed by atoms with Crippen molar-refractivity contribution in [2.24, 2.45) is 0 Å². The second kappa shape index (κ2) is 8.50. The van der Waals surface area contributed by atoms with Crippen LogP contribution in [0.3, 0.4) is 0 Å². The molecule has 0 aliphatic carbocycles. The number of carbonyl (C=O) groups excluding carboxylic acids is 2. The zero-order valence-corrected chi connectivity index (χ0v) is 15.4. The van der Waals surface area contributed by atoms with Crippen molar-refractivity contribution in [1.29, 1.82) is 0 Å². The van der Waals surface area contributed by atoms with Gasteiger partial charge in [0.25, 0.3) is 11.8 Å². The van der Waals surface area contributed by atoms with Crippen molar-refractivity contribution in [1.82, 2.24) is 0 Å². The molecule has 4 nitrogen and oxygen atoms in total. The minimum Gasteiger partial charge on any atom is -0.322 e. The molecule has 3 aromatic rings. The van der Waals surface area contributed by atoms with E-state index in [9.17, 15) is 35.9 Å². The first-order chi connectivity index (χ1) is 14.5. The van der Waals surface area contributed by atoms with Crippen molar-refractivity contribution >= 4 is 23.2 Å². The van der Waals surface area contributed by atoms with Gasteiger partial charge in [0, 0.05) is 17.3 Å². The number of rotatable bonds is 4. The first kappa shape index (κ1) is 21.9. The molecule has 31 heavy (non-hydrogen) atoms. The summed E-state index contributed by atoms with van der Waals surface area (Å²) in [5.41, 5.74) is -2.88. The Bertz CT molecular complexity index is 1140. The summed E-state index contributed by atoms with van der Waals surface area (Å²) in [5.74, 6) is -4.78. The second-order valence-corrected chi connectivity index (χ2v) is 6.30. The largest absolute Gasteiger partial charge is 0.418 e. The fourth-order valence-corrected chi connectivity index (χ4v) is 2.63. The highest BCUT2D eigenvalue weighted by Gasteiger charge is 2.34. The quantitative estimate of drug-likeness (QED) is 0.519. The highest BCUT2D eigenvalue weighted by atomic mass is 19.4. The van der Waals surface area contributed by atoms with E-state index in [-0.39, 0.29) is 11.3 Å². The lowest BCUT2D eigenvalue weighted by atomic mass is 10.1. The average Bonchev–Trinajstić information content (AvgIpc) is 2.68. The Balaban J connectivity index is 1.87. The number of nitrogens with one attached hydrogen (secondary N) is 2. The summed E-state index contributed by atoms with van der Waals surface area (Å²) in [6.07, 6.45) is -4.93. The van der Waals surface area contributed by atoms with Gasteiger partial charge < -0.3 is 10.6 Å². The number of alkyl halides is 3. The van der Waals surface area contributed by atoms with Crippen LogP contribution in [0.5, 0.6) is 0 Å². The van der Waals surface area contributed by atoms with Crippen molar-refractivity contribution in [3.8, 4) is 0 Å². The third kappa shape index (κ3) is 5.21. The molecule has 0 fully saturated rings. The third-order valence-corrected chi connectivity index (χ3v) is 4.11. The molecule has 160 valence electrons. The fraction of sp³-hybridized carbons (Fsp3) is 0.0476. The molecular formula is C21H12F6N2O2. The van der Waals surface area contributed by atoms with E-state index in [0.717, 1.165) is 48.5 Å². The molecule has 3 rings (SSSR count). The summed E-state index contributed by atoms with van der Waals surface area (Å²) in [5, 5.41) is 4.18. The average molecular weight is 438 g/mol. The molecule has 0 atom stereocenters. The van der Waals surface area contributed by atoms with Crippen LogP contribution in [0.25, 0.3) is 0 Å². The van der Waals surface area contributed by atoms with Crippen molar-refractivity contribution < 1.29 is 35.9 Å². The summed E-state index contributed by atoms with van der Waals surface area (Å²) >= 11 is 0. The van der Waals surface area contributed by atoms with Gasteiger partial charge in [0.1, 0.15) is 17.5 Å². The molecular weight excluding hydrogens is 426 g/mol. The topological polar surface area (TPSA) is 58.2 Å². The molecule has 0 bridgehead atoms. The van der Waals surface area contributed by atoms with Crippen molar-refractivity contribution in [3.05, 3.63) is 94.8 Å². The van der Waals surface area contributed by atoms with Gasteiger partial charge in [-0.25, -0.2) is 13.2 Å². The van der Waals surface area contributed by atoms with Crippen LogP contribution in [0, 0.1) is 17.5 Å². The first-order valence-electron chi connectivity index (χ1n) is 8.59. The Labute approximate surface area is 171 Å². The number of amides is 2. The molecule has 0 radical (unpaired) electrons. The molecule has 2 N–H and O–H groups in total. The van der Waals surface area contributed by atoms with Crippen LogP contribution in [0.2, 0.25) is 0 Å². The third-order valence-electron chi connectivity index (χ3n) is 4.11. The smallest absolute Gasteiger partial charge is 0.322 e. The standard InChI is InChI=1S/C21H12F6N2O2/c22-12-3-1-11(2-4-12)19(30)28-14-6-8-18(16(10-14)21(25,26)27)29-20(31)15-7-5-13(23)9-17(15)24/h1-10H,(H,28,30)(H,29,31). The van der Waals surface area contributed by atoms with Gasteiger partial charge in [0.2, 0.25) is 0 Å². The molecule has 0 aromatic heterocycles. The normalized spacial score (nSPS) is 11.2. The zero-order chi connectivity index (χ0) is 22.8. The van der Waals surface area contributed by atoms with E-state index < -0.39 is 52.3 Å². The van der Waals surface area contributed by atoms with Gasteiger partial charge in [-0.1, -0.05) is 0 Å². The molecule has 2 amide bonds. The monoisotopic (exact) mass is 438 g/mol. The van der Waals surface area contributed by atoms with E-state index in [1.165, 1.54) is 0 Å². The van der Waals surface area contributed by atoms with Crippen LogP contribution >= 0.6 is 0 Å². The van der Waals surface area contributed by atoms with E-state index in [4.69, 9.17) is 0 Å². The van der Waals surface area contributed by atoms with Gasteiger partial charge in [0.05, 0.1) is 16.8 Å². The summed E-state index contributed by atoms with van der Waals surface area (Å²) in [6, 6.07) is 8.90. The SMILES string of the molecule is O=C(Nc1ccc(NC(=O)c2ccc(F)cc2F)c(C(F)(F)F)c1)c1ccc(F)cc1. The first-order valence-corrected chi connectivity index (χ1v) is 8.59. The lowest BCUT2D eigenvalue weighted by Gasteiger charge is -2.16. The van der Waals surface area contributed by atoms with Crippen molar-refractivity contribution in [2.75, 3.05) is 10.6 Å². The number of hydrogen-bond acceptors (Lipinski definition) is 2. The van der Waals surface area contributed by atoms with Crippen LogP contribution in [0.4, 0.5) is 37.7 Å². The predicted molar refractivity (Wildman–Crippen MR) is 100 cm³/mol. The summed E-state index contributed by atoms with van der Waals surface area (Å²) < 4.78 is 80.1.